The van der Waals surface area contributed by atoms with E-state index in [2.05, 4.69) is 30.9 Å². The maximum Gasteiger partial charge on any atom is 0.260 e. The summed E-state index contributed by atoms with van der Waals surface area (Å²) in [5.41, 5.74) is 3.61. The number of nitrogens with zero attached hydrogens (tertiary/aromatic N) is 4. The lowest BCUT2D eigenvalue weighted by Crippen LogP contribution is -2.39. The van der Waals surface area contributed by atoms with E-state index in [1.807, 2.05) is 6.92 Å². The molecule has 8 nitrogen and oxygen atoms in total. The van der Waals surface area contributed by atoms with Gasteiger partial charge in [0.2, 0.25) is 10.0 Å². The zero-order chi connectivity index (χ0) is 27.6. The quantitative estimate of drug-likeness (QED) is 0.390. The first-order chi connectivity index (χ1) is 18.7. The third-order valence-corrected chi connectivity index (χ3v) is 11.0. The highest BCUT2D eigenvalue weighted by Gasteiger charge is 2.29. The molecule has 39 heavy (non-hydrogen) atoms. The number of amides is 1. The zero-order valence-electron chi connectivity index (χ0n) is 23.1. The molecule has 0 atom stereocenters. The van der Waals surface area contributed by atoms with Gasteiger partial charge in [-0.2, -0.15) is 4.31 Å². The number of fused-ring (bicyclic) bond motifs is 1. The van der Waals surface area contributed by atoms with E-state index < -0.39 is 10.0 Å². The number of carbonyl (C=O) groups is 1. The van der Waals surface area contributed by atoms with Crippen LogP contribution in [0.25, 0.3) is 10.2 Å². The Bertz CT molecular complexity index is 1370. The number of ether oxygens (including phenoxy) is 1. The van der Waals surface area contributed by atoms with E-state index in [1.54, 1.807) is 33.5 Å². The summed E-state index contributed by atoms with van der Waals surface area (Å²) in [6.45, 7) is 12.0. The Kier molecular flexibility index (Phi) is 8.68. The summed E-state index contributed by atoms with van der Waals surface area (Å²) < 4.78 is 34.5. The van der Waals surface area contributed by atoms with E-state index in [9.17, 15) is 13.2 Å². The van der Waals surface area contributed by atoms with Crippen molar-refractivity contribution in [3.63, 3.8) is 0 Å². The van der Waals surface area contributed by atoms with Gasteiger partial charge in [0.1, 0.15) is 0 Å². The number of aryl methyl sites for hydroxylation is 2. The van der Waals surface area contributed by atoms with Crippen molar-refractivity contribution in [2.75, 3.05) is 57.4 Å². The van der Waals surface area contributed by atoms with Crippen LogP contribution in [-0.4, -0.2) is 81.0 Å². The molecule has 0 unspecified atom stereocenters. The number of carbonyl (C=O) groups excluding carboxylic acids is 1. The summed E-state index contributed by atoms with van der Waals surface area (Å²) in [5, 5.41) is 0.675. The van der Waals surface area contributed by atoms with Gasteiger partial charge in [-0.3, -0.25) is 14.6 Å². The summed E-state index contributed by atoms with van der Waals surface area (Å²) >= 11 is 1.54. The largest absolute Gasteiger partial charge is 0.379 e. The van der Waals surface area contributed by atoms with Crippen molar-refractivity contribution in [1.29, 1.82) is 0 Å². The van der Waals surface area contributed by atoms with Crippen molar-refractivity contribution in [2.45, 2.75) is 44.9 Å². The molecule has 3 heterocycles. The van der Waals surface area contributed by atoms with Gasteiger partial charge in [0.25, 0.3) is 5.91 Å². The third kappa shape index (κ3) is 6.20. The Labute approximate surface area is 235 Å². The minimum Gasteiger partial charge on any atom is -0.379 e. The summed E-state index contributed by atoms with van der Waals surface area (Å²) in [4.78, 5) is 23.1. The Morgan fingerprint density at radius 1 is 1.03 bits per heavy atom. The van der Waals surface area contributed by atoms with Crippen LogP contribution < -0.4 is 4.90 Å². The summed E-state index contributed by atoms with van der Waals surface area (Å²) in [7, 11) is -3.57. The molecule has 1 aromatic heterocycles. The monoisotopic (exact) mass is 570 g/mol. The molecule has 2 aromatic carbocycles. The van der Waals surface area contributed by atoms with Crippen LogP contribution in [0.3, 0.4) is 0 Å². The highest BCUT2D eigenvalue weighted by atomic mass is 32.2. The van der Waals surface area contributed by atoms with Gasteiger partial charge in [0.05, 0.1) is 28.3 Å². The van der Waals surface area contributed by atoms with Crippen LogP contribution in [0.5, 0.6) is 0 Å². The number of aromatic nitrogens is 1. The van der Waals surface area contributed by atoms with E-state index in [0.29, 0.717) is 36.2 Å². The first-order valence-electron chi connectivity index (χ1n) is 13.8. The maximum atomic E-state index is 13.9. The number of benzene rings is 2. The third-order valence-electron chi connectivity index (χ3n) is 7.85. The van der Waals surface area contributed by atoms with Gasteiger partial charge in [-0.05, 0) is 74.4 Å². The number of morpholine rings is 1. The van der Waals surface area contributed by atoms with Crippen LogP contribution in [0.15, 0.2) is 41.3 Å². The van der Waals surface area contributed by atoms with E-state index in [1.165, 1.54) is 11.3 Å². The number of rotatable bonds is 8. The topological polar surface area (TPSA) is 83.0 Å². The fraction of sp³-hybridized carbons (Fsp3) is 0.517. The molecule has 0 spiro atoms. The fourth-order valence-corrected chi connectivity index (χ4v) is 7.83. The van der Waals surface area contributed by atoms with Gasteiger partial charge in [-0.1, -0.05) is 30.4 Å². The number of anilines is 1. The van der Waals surface area contributed by atoms with Gasteiger partial charge in [-0.25, -0.2) is 13.4 Å². The molecule has 0 saturated carbocycles. The number of hydrogen-bond donors (Lipinski definition) is 0. The average Bonchev–Trinajstić information content (AvgIpc) is 3.40. The van der Waals surface area contributed by atoms with Gasteiger partial charge in [0, 0.05) is 44.8 Å². The Morgan fingerprint density at radius 2 is 1.69 bits per heavy atom. The molecule has 0 radical (unpaired) electrons. The van der Waals surface area contributed by atoms with Gasteiger partial charge < -0.3 is 4.74 Å². The van der Waals surface area contributed by atoms with Crippen molar-refractivity contribution >= 4 is 42.6 Å². The maximum absolute atomic E-state index is 13.9. The molecule has 10 heteroatoms. The molecular formula is C29H38N4O4S2. The molecule has 2 aliphatic rings. The summed E-state index contributed by atoms with van der Waals surface area (Å²) in [6, 6.07) is 10.6. The summed E-state index contributed by atoms with van der Waals surface area (Å²) in [6.07, 6.45) is 2.55. The normalized spacial score (nSPS) is 18.0. The lowest BCUT2D eigenvalue weighted by molar-refractivity contribution is 0.0376. The molecular weight excluding hydrogens is 532 g/mol. The molecule has 2 fully saturated rings. The number of sulfonamides is 1. The van der Waals surface area contributed by atoms with E-state index in [0.717, 1.165) is 73.5 Å². The van der Waals surface area contributed by atoms with E-state index in [-0.39, 0.29) is 10.8 Å². The van der Waals surface area contributed by atoms with Crippen LogP contribution in [0.1, 0.15) is 47.7 Å². The first-order valence-corrected chi connectivity index (χ1v) is 16.1. The van der Waals surface area contributed by atoms with Gasteiger partial charge in [-0.15, -0.1) is 0 Å². The summed E-state index contributed by atoms with van der Waals surface area (Å²) in [5.74, 6) is 0.378. The predicted molar refractivity (Wildman–Crippen MR) is 156 cm³/mol. The van der Waals surface area contributed by atoms with Crippen molar-refractivity contribution in [3.05, 3.63) is 53.1 Å². The van der Waals surface area contributed by atoms with Crippen LogP contribution in [0.4, 0.5) is 5.13 Å². The highest BCUT2D eigenvalue weighted by Crippen LogP contribution is 2.34. The second-order valence-electron chi connectivity index (χ2n) is 10.7. The SMILES string of the molecule is Cc1ccc(C)c2sc(N(CCCN3CCOCC3)C(=O)c3ccc(S(=O)(=O)N4CCC(C)CC4)cc3)nc12. The Morgan fingerprint density at radius 3 is 2.36 bits per heavy atom. The van der Waals surface area contributed by atoms with Crippen molar-refractivity contribution in [3.8, 4) is 0 Å². The molecule has 1 amide bonds. The minimum absolute atomic E-state index is 0.165. The van der Waals surface area contributed by atoms with Crippen LogP contribution >= 0.6 is 11.3 Å². The van der Waals surface area contributed by atoms with Crippen LogP contribution in [0, 0.1) is 19.8 Å². The second-order valence-corrected chi connectivity index (χ2v) is 13.7. The highest BCUT2D eigenvalue weighted by molar-refractivity contribution is 7.89. The molecule has 5 rings (SSSR count). The minimum atomic E-state index is -3.57. The molecule has 0 bridgehead atoms. The smallest absolute Gasteiger partial charge is 0.260 e. The van der Waals surface area contributed by atoms with E-state index in [4.69, 9.17) is 9.72 Å². The number of piperidine rings is 1. The van der Waals surface area contributed by atoms with Crippen molar-refractivity contribution in [2.24, 2.45) is 5.92 Å². The lowest BCUT2D eigenvalue weighted by Gasteiger charge is -2.29. The van der Waals surface area contributed by atoms with Crippen molar-refractivity contribution < 1.29 is 17.9 Å². The molecule has 210 valence electrons. The number of hydrogen-bond acceptors (Lipinski definition) is 7. The molecule has 0 aliphatic carbocycles. The lowest BCUT2D eigenvalue weighted by atomic mass is 10.0. The first kappa shape index (κ1) is 28.2. The molecule has 3 aromatic rings. The predicted octanol–water partition coefficient (Wildman–Crippen LogP) is 4.70. The van der Waals surface area contributed by atoms with Crippen LogP contribution in [0.2, 0.25) is 0 Å². The Hall–Kier alpha value is -2.37. The molecule has 0 N–H and O–H groups in total. The zero-order valence-corrected chi connectivity index (χ0v) is 24.7. The Balaban J connectivity index is 1.38. The molecule has 2 aliphatic heterocycles. The second kappa shape index (κ2) is 12.0. The van der Waals surface area contributed by atoms with Crippen molar-refractivity contribution in [1.82, 2.24) is 14.2 Å². The van der Waals surface area contributed by atoms with Gasteiger partial charge in [0.15, 0.2) is 5.13 Å². The van der Waals surface area contributed by atoms with Crippen LogP contribution in [-0.2, 0) is 14.8 Å². The fourth-order valence-electron chi connectivity index (χ4n) is 5.22. The van der Waals surface area contributed by atoms with E-state index >= 15 is 0 Å². The molecule has 2 saturated heterocycles. The number of thiazole rings is 1. The van der Waals surface area contributed by atoms with Gasteiger partial charge >= 0.3 is 0 Å². The standard InChI is InChI=1S/C29H38N4O4S2/c1-21-11-15-32(16-12-21)39(35,36)25-9-7-24(8-10-25)28(34)33(14-4-13-31-17-19-37-20-18-31)29-30-26-22(2)5-6-23(3)27(26)38-29/h5-10,21H,4,11-20H2,1-3H3. The average molecular weight is 571 g/mol.